The van der Waals surface area contributed by atoms with Crippen molar-refractivity contribution in [2.24, 2.45) is 0 Å². The molecule has 0 radical (unpaired) electrons. The van der Waals surface area contributed by atoms with Gasteiger partial charge in [0.15, 0.2) is 5.82 Å². The molecule has 1 aliphatic rings. The van der Waals surface area contributed by atoms with Crippen LogP contribution < -0.4 is 5.73 Å². The van der Waals surface area contributed by atoms with Gasteiger partial charge in [-0.1, -0.05) is 0 Å². The lowest BCUT2D eigenvalue weighted by Gasteiger charge is -2.39. The minimum atomic E-state index is -0.874. The summed E-state index contributed by atoms with van der Waals surface area (Å²) in [6.45, 7) is 2.73. The number of nitrogens with two attached hydrogens (primary N) is 1. The van der Waals surface area contributed by atoms with E-state index in [1.807, 2.05) is 6.92 Å². The zero-order valence-corrected chi connectivity index (χ0v) is 11.6. The van der Waals surface area contributed by atoms with E-state index >= 15 is 0 Å². The third-order valence-electron chi connectivity index (χ3n) is 3.73. The molecule has 110 valence electrons. The first-order chi connectivity index (χ1) is 9.36. The SMILES string of the molecule is COC1(C)CCCN(C(=O)c2cc(F)cc(N)c2F)C1. The Bertz CT molecular complexity index is 536. The topological polar surface area (TPSA) is 55.6 Å². The number of anilines is 1. The third-order valence-corrected chi connectivity index (χ3v) is 3.73. The summed E-state index contributed by atoms with van der Waals surface area (Å²) in [7, 11) is 1.58. The molecule has 1 aliphatic heterocycles. The zero-order valence-electron chi connectivity index (χ0n) is 11.6. The molecule has 0 aliphatic carbocycles. The summed E-state index contributed by atoms with van der Waals surface area (Å²) in [4.78, 5) is 13.8. The number of ether oxygens (including phenoxy) is 1. The van der Waals surface area contributed by atoms with Crippen molar-refractivity contribution >= 4 is 11.6 Å². The van der Waals surface area contributed by atoms with Gasteiger partial charge in [0, 0.05) is 20.2 Å². The van der Waals surface area contributed by atoms with E-state index in [0.29, 0.717) is 13.1 Å². The zero-order chi connectivity index (χ0) is 14.9. The van der Waals surface area contributed by atoms with Crippen LogP contribution >= 0.6 is 0 Å². The third kappa shape index (κ3) is 2.75. The standard InChI is InChI=1S/C14H18F2N2O2/c1-14(20-2)4-3-5-18(8-14)13(19)10-6-9(15)7-11(17)12(10)16/h6-7H,3-5,8,17H2,1-2H3. The second-order valence-corrected chi connectivity index (χ2v) is 5.34. The van der Waals surface area contributed by atoms with E-state index < -0.39 is 23.1 Å². The molecule has 2 N–H and O–H groups in total. The van der Waals surface area contributed by atoms with E-state index in [1.54, 1.807) is 7.11 Å². The Balaban J connectivity index is 2.28. The number of amides is 1. The minimum absolute atomic E-state index is 0.331. The van der Waals surface area contributed by atoms with Crippen molar-refractivity contribution in [3.05, 3.63) is 29.3 Å². The first kappa shape index (κ1) is 14.7. The van der Waals surface area contributed by atoms with Crippen LogP contribution in [0, 0.1) is 11.6 Å². The van der Waals surface area contributed by atoms with Gasteiger partial charge in [-0.05, 0) is 31.9 Å². The summed E-state index contributed by atoms with van der Waals surface area (Å²) in [6.07, 6.45) is 1.57. The fourth-order valence-corrected chi connectivity index (χ4v) is 2.48. The van der Waals surface area contributed by atoms with Crippen molar-refractivity contribution in [3.8, 4) is 0 Å². The number of methoxy groups -OCH3 is 1. The normalized spacial score (nSPS) is 22.9. The number of rotatable bonds is 2. The quantitative estimate of drug-likeness (QED) is 0.847. The largest absolute Gasteiger partial charge is 0.396 e. The van der Waals surface area contributed by atoms with Crippen LogP contribution in [0.3, 0.4) is 0 Å². The summed E-state index contributed by atoms with van der Waals surface area (Å²) in [5.74, 6) is -2.16. The van der Waals surface area contributed by atoms with Gasteiger partial charge in [-0.25, -0.2) is 8.78 Å². The molecule has 1 atom stereocenters. The molecule has 1 amide bonds. The van der Waals surface area contributed by atoms with Gasteiger partial charge in [-0.15, -0.1) is 0 Å². The van der Waals surface area contributed by atoms with Crippen LogP contribution in [0.25, 0.3) is 0 Å². The van der Waals surface area contributed by atoms with Crippen molar-refractivity contribution in [1.29, 1.82) is 0 Å². The molecular formula is C14H18F2N2O2. The molecule has 1 saturated heterocycles. The monoisotopic (exact) mass is 284 g/mol. The van der Waals surface area contributed by atoms with E-state index in [9.17, 15) is 13.6 Å². The van der Waals surface area contributed by atoms with Crippen LogP contribution in [0.2, 0.25) is 0 Å². The molecular weight excluding hydrogens is 266 g/mol. The number of hydrogen-bond donors (Lipinski definition) is 1. The van der Waals surface area contributed by atoms with Gasteiger partial charge in [-0.2, -0.15) is 0 Å². The second-order valence-electron chi connectivity index (χ2n) is 5.34. The van der Waals surface area contributed by atoms with Gasteiger partial charge in [0.25, 0.3) is 5.91 Å². The number of likely N-dealkylation sites (tertiary alicyclic amines) is 1. The highest BCUT2D eigenvalue weighted by Crippen LogP contribution is 2.26. The summed E-state index contributed by atoms with van der Waals surface area (Å²) in [6, 6.07) is 1.74. The highest BCUT2D eigenvalue weighted by molar-refractivity contribution is 5.95. The lowest BCUT2D eigenvalue weighted by molar-refractivity contribution is -0.0441. The number of nitrogens with zero attached hydrogens (tertiary/aromatic N) is 1. The molecule has 1 aromatic carbocycles. The lowest BCUT2D eigenvalue weighted by atomic mass is 9.94. The number of carbonyl (C=O) groups is 1. The number of piperidine rings is 1. The minimum Gasteiger partial charge on any atom is -0.396 e. The molecule has 0 aromatic heterocycles. The van der Waals surface area contributed by atoms with Gasteiger partial charge >= 0.3 is 0 Å². The van der Waals surface area contributed by atoms with E-state index in [1.165, 1.54) is 4.90 Å². The van der Waals surface area contributed by atoms with Gasteiger partial charge in [0.05, 0.1) is 16.9 Å². The van der Waals surface area contributed by atoms with Crippen LogP contribution in [0.4, 0.5) is 14.5 Å². The smallest absolute Gasteiger partial charge is 0.257 e. The predicted molar refractivity (Wildman–Crippen MR) is 71.3 cm³/mol. The lowest BCUT2D eigenvalue weighted by Crippen LogP contribution is -2.49. The second kappa shape index (κ2) is 5.36. The van der Waals surface area contributed by atoms with Crippen LogP contribution in [0.15, 0.2) is 12.1 Å². The maximum atomic E-state index is 13.9. The Morgan fingerprint density at radius 3 is 2.80 bits per heavy atom. The number of hydrogen-bond acceptors (Lipinski definition) is 3. The van der Waals surface area contributed by atoms with Gasteiger partial charge in [-0.3, -0.25) is 4.79 Å². The van der Waals surface area contributed by atoms with Crippen molar-refractivity contribution in [2.75, 3.05) is 25.9 Å². The summed E-state index contributed by atoms with van der Waals surface area (Å²) < 4.78 is 32.6. The number of benzene rings is 1. The highest BCUT2D eigenvalue weighted by atomic mass is 19.1. The number of carbonyl (C=O) groups excluding carboxylic acids is 1. The van der Waals surface area contributed by atoms with Crippen molar-refractivity contribution in [1.82, 2.24) is 4.90 Å². The average molecular weight is 284 g/mol. The van der Waals surface area contributed by atoms with Crippen LogP contribution in [-0.2, 0) is 4.74 Å². The van der Waals surface area contributed by atoms with E-state index in [4.69, 9.17) is 10.5 Å². The Hall–Kier alpha value is -1.69. The summed E-state index contributed by atoms with van der Waals surface area (Å²) in [5, 5.41) is 0. The fraction of sp³-hybridized carbons (Fsp3) is 0.500. The predicted octanol–water partition coefficient (Wildman–Crippen LogP) is 2.19. The Morgan fingerprint density at radius 1 is 1.45 bits per heavy atom. The Kier molecular flexibility index (Phi) is 3.94. The van der Waals surface area contributed by atoms with Crippen LogP contribution in [-0.4, -0.2) is 36.6 Å². The maximum absolute atomic E-state index is 13.9. The molecule has 20 heavy (non-hydrogen) atoms. The summed E-state index contributed by atoms with van der Waals surface area (Å²) >= 11 is 0. The van der Waals surface area contributed by atoms with E-state index in [0.717, 1.165) is 25.0 Å². The number of nitrogen functional groups attached to an aromatic ring is 1. The Morgan fingerprint density at radius 2 is 2.15 bits per heavy atom. The van der Waals surface area contributed by atoms with E-state index in [-0.39, 0.29) is 11.3 Å². The molecule has 1 aromatic rings. The first-order valence-electron chi connectivity index (χ1n) is 6.45. The fourth-order valence-electron chi connectivity index (χ4n) is 2.48. The van der Waals surface area contributed by atoms with Crippen LogP contribution in [0.5, 0.6) is 0 Å². The first-order valence-corrected chi connectivity index (χ1v) is 6.45. The molecule has 0 saturated carbocycles. The van der Waals surface area contributed by atoms with Crippen LogP contribution in [0.1, 0.15) is 30.1 Å². The average Bonchev–Trinajstić information content (AvgIpc) is 2.42. The highest BCUT2D eigenvalue weighted by Gasteiger charge is 2.34. The molecule has 1 heterocycles. The molecule has 2 rings (SSSR count). The van der Waals surface area contributed by atoms with Gasteiger partial charge in [0.1, 0.15) is 5.82 Å². The molecule has 1 fully saturated rings. The van der Waals surface area contributed by atoms with E-state index in [2.05, 4.69) is 0 Å². The number of halogens is 2. The van der Waals surface area contributed by atoms with Gasteiger partial charge in [0.2, 0.25) is 0 Å². The van der Waals surface area contributed by atoms with Crippen molar-refractivity contribution < 1.29 is 18.3 Å². The molecule has 6 heteroatoms. The molecule has 0 spiro atoms. The van der Waals surface area contributed by atoms with Gasteiger partial charge < -0.3 is 15.4 Å². The Labute approximate surface area is 116 Å². The molecule has 1 unspecified atom stereocenters. The summed E-state index contributed by atoms with van der Waals surface area (Å²) in [5.41, 5.74) is 4.21. The molecule has 4 nitrogen and oxygen atoms in total. The van der Waals surface area contributed by atoms with Crippen molar-refractivity contribution in [2.45, 2.75) is 25.4 Å². The van der Waals surface area contributed by atoms with Crippen molar-refractivity contribution in [3.63, 3.8) is 0 Å². The maximum Gasteiger partial charge on any atom is 0.257 e. The molecule has 0 bridgehead atoms.